The van der Waals surface area contributed by atoms with Crippen molar-refractivity contribution in [2.45, 2.75) is 0 Å². The van der Waals surface area contributed by atoms with Crippen molar-refractivity contribution in [1.29, 1.82) is 0 Å². The first-order valence-electron chi connectivity index (χ1n) is 4.35. The van der Waals surface area contributed by atoms with Crippen molar-refractivity contribution in [3.05, 3.63) is 24.3 Å². The highest BCUT2D eigenvalue weighted by atomic mass is 16.5. The highest BCUT2D eigenvalue weighted by Gasteiger charge is 1.97. The summed E-state index contributed by atoms with van der Waals surface area (Å²) in [6, 6.07) is 7.82. The summed E-state index contributed by atoms with van der Waals surface area (Å²) in [4.78, 5) is 0. The molecule has 2 N–H and O–H groups in total. The predicted octanol–water partition coefficient (Wildman–Crippen LogP) is 0.229. The minimum atomic E-state index is -0.0261. The summed E-state index contributed by atoms with van der Waals surface area (Å²) in [6.45, 7) is 0.442. The lowest BCUT2D eigenvalue weighted by atomic mass is 10.3. The average Bonchev–Trinajstić information content (AvgIpc) is 2.24. The van der Waals surface area contributed by atoms with E-state index in [-0.39, 0.29) is 26.4 Å². The predicted molar refractivity (Wildman–Crippen MR) is 50.4 cm³/mol. The summed E-state index contributed by atoms with van der Waals surface area (Å²) in [5.74, 6) is 1.18. The number of hydrogen-bond acceptors (Lipinski definition) is 4. The fourth-order valence-corrected chi connectivity index (χ4v) is 0.923. The van der Waals surface area contributed by atoms with E-state index in [1.807, 2.05) is 0 Å². The van der Waals surface area contributed by atoms with Crippen LogP contribution in [0.1, 0.15) is 0 Å². The van der Waals surface area contributed by atoms with Gasteiger partial charge in [0.2, 0.25) is 0 Å². The van der Waals surface area contributed by atoms with E-state index in [9.17, 15) is 0 Å². The van der Waals surface area contributed by atoms with Gasteiger partial charge >= 0.3 is 0 Å². The molecule has 1 rings (SSSR count). The monoisotopic (exact) mass is 197 g/mol. The zero-order chi connectivity index (χ0) is 10.2. The Balaban J connectivity index is 2.50. The van der Waals surface area contributed by atoms with E-state index in [0.29, 0.717) is 11.5 Å². The van der Waals surface area contributed by atoms with Crippen molar-refractivity contribution in [1.82, 2.24) is 0 Å². The Morgan fingerprint density at radius 3 is 1.93 bits per heavy atom. The first-order valence-corrected chi connectivity index (χ1v) is 4.35. The molecule has 0 fully saturated rings. The number of aliphatic hydroxyl groups is 2. The molecule has 0 atom stereocenters. The van der Waals surface area contributed by atoms with Gasteiger partial charge in [-0.15, -0.1) is 0 Å². The van der Waals surface area contributed by atoms with E-state index in [0.717, 1.165) is 0 Å². The van der Waals surface area contributed by atoms with E-state index in [1.54, 1.807) is 18.2 Å². The highest BCUT2D eigenvalue weighted by Crippen LogP contribution is 2.18. The van der Waals surface area contributed by atoms with Crippen molar-refractivity contribution < 1.29 is 19.7 Å². The second-order valence-electron chi connectivity index (χ2n) is 2.55. The molecule has 0 aliphatic carbocycles. The molecular weight excluding hydrogens is 184 g/mol. The molecule has 1 aromatic rings. The number of rotatable bonds is 6. The molecule has 77 valence electrons. The zero-order valence-corrected chi connectivity index (χ0v) is 7.77. The standard InChI is InChI=1S/C10H13O4/c11-4-6-13-9-2-1-3-10(8-9)14-7-5-12/h2-3,8,11-12H,4-7H2. The van der Waals surface area contributed by atoms with Gasteiger partial charge in [-0.2, -0.15) is 0 Å². The van der Waals surface area contributed by atoms with Crippen molar-refractivity contribution >= 4 is 0 Å². The minimum absolute atomic E-state index is 0.0261. The smallest absolute Gasteiger partial charge is 0.123 e. The van der Waals surface area contributed by atoms with Gasteiger partial charge in [0.15, 0.2) is 0 Å². The first kappa shape index (κ1) is 10.8. The zero-order valence-electron chi connectivity index (χ0n) is 7.77. The third-order valence-electron chi connectivity index (χ3n) is 1.46. The van der Waals surface area contributed by atoms with Gasteiger partial charge in [0, 0.05) is 6.07 Å². The van der Waals surface area contributed by atoms with Crippen LogP contribution in [0.5, 0.6) is 11.5 Å². The molecule has 4 nitrogen and oxygen atoms in total. The van der Waals surface area contributed by atoms with Crippen molar-refractivity contribution in [2.24, 2.45) is 0 Å². The van der Waals surface area contributed by atoms with E-state index in [1.165, 1.54) is 0 Å². The summed E-state index contributed by atoms with van der Waals surface area (Å²) >= 11 is 0. The van der Waals surface area contributed by atoms with Crippen LogP contribution in [0.4, 0.5) is 0 Å². The van der Waals surface area contributed by atoms with Crippen LogP contribution in [-0.4, -0.2) is 36.6 Å². The molecule has 4 heteroatoms. The molecular formula is C10H13O4. The van der Waals surface area contributed by atoms with E-state index in [4.69, 9.17) is 19.7 Å². The fourth-order valence-electron chi connectivity index (χ4n) is 0.923. The highest BCUT2D eigenvalue weighted by molar-refractivity contribution is 5.32. The maximum absolute atomic E-state index is 8.54. The van der Waals surface area contributed by atoms with Crippen LogP contribution in [-0.2, 0) is 0 Å². The number of hydrogen-bond donors (Lipinski definition) is 2. The number of benzene rings is 1. The fraction of sp³-hybridized carbons (Fsp3) is 0.400. The summed E-state index contributed by atoms with van der Waals surface area (Å²) in [7, 11) is 0. The molecule has 0 aromatic heterocycles. The maximum Gasteiger partial charge on any atom is 0.123 e. The lowest BCUT2D eigenvalue weighted by Crippen LogP contribution is -2.03. The summed E-state index contributed by atoms with van der Waals surface area (Å²) in [5.41, 5.74) is 0. The van der Waals surface area contributed by atoms with Crippen LogP contribution in [0, 0.1) is 6.07 Å². The molecule has 14 heavy (non-hydrogen) atoms. The average molecular weight is 197 g/mol. The Kier molecular flexibility index (Phi) is 4.82. The van der Waals surface area contributed by atoms with Gasteiger partial charge in [-0.3, -0.25) is 0 Å². The van der Waals surface area contributed by atoms with Crippen molar-refractivity contribution in [2.75, 3.05) is 26.4 Å². The second-order valence-corrected chi connectivity index (χ2v) is 2.55. The Morgan fingerprint density at radius 1 is 1.00 bits per heavy atom. The molecule has 0 saturated carbocycles. The Morgan fingerprint density at radius 2 is 1.50 bits per heavy atom. The second kappa shape index (κ2) is 6.23. The molecule has 0 aliphatic rings. The summed E-state index contributed by atoms with van der Waals surface area (Å²) in [5, 5.41) is 17.1. The molecule has 0 aliphatic heterocycles. The third kappa shape index (κ3) is 3.64. The SMILES string of the molecule is OCCOc1c[c]cc(OCCO)c1. The maximum atomic E-state index is 8.54. The first-order chi connectivity index (χ1) is 6.86. The van der Waals surface area contributed by atoms with Gasteiger partial charge in [0.1, 0.15) is 24.7 Å². The normalized spacial score (nSPS) is 9.86. The third-order valence-corrected chi connectivity index (χ3v) is 1.46. The van der Waals surface area contributed by atoms with Crippen molar-refractivity contribution in [3.63, 3.8) is 0 Å². The molecule has 1 aromatic carbocycles. The van der Waals surface area contributed by atoms with Gasteiger partial charge in [-0.05, 0) is 18.2 Å². The molecule has 1 radical (unpaired) electrons. The quantitative estimate of drug-likeness (QED) is 0.685. The molecule has 0 amide bonds. The largest absolute Gasteiger partial charge is 0.491 e. The number of ether oxygens (including phenoxy) is 2. The summed E-state index contributed by atoms with van der Waals surface area (Å²) < 4.78 is 10.3. The van der Waals surface area contributed by atoms with Crippen LogP contribution in [0.2, 0.25) is 0 Å². The topological polar surface area (TPSA) is 58.9 Å². The summed E-state index contributed by atoms with van der Waals surface area (Å²) in [6.07, 6.45) is 0. The van der Waals surface area contributed by atoms with E-state index < -0.39 is 0 Å². The Hall–Kier alpha value is -1.26. The van der Waals surface area contributed by atoms with Crippen LogP contribution >= 0.6 is 0 Å². The van der Waals surface area contributed by atoms with E-state index >= 15 is 0 Å². The Labute approximate surface area is 82.7 Å². The van der Waals surface area contributed by atoms with Crippen molar-refractivity contribution in [3.8, 4) is 11.5 Å². The van der Waals surface area contributed by atoms with Gasteiger partial charge in [0.05, 0.1) is 13.2 Å². The lowest BCUT2D eigenvalue weighted by molar-refractivity contribution is 0.194. The molecule has 0 spiro atoms. The molecule has 0 unspecified atom stereocenters. The number of aliphatic hydroxyl groups excluding tert-OH is 2. The van der Waals surface area contributed by atoms with Crippen LogP contribution < -0.4 is 9.47 Å². The van der Waals surface area contributed by atoms with Crippen LogP contribution in [0.25, 0.3) is 0 Å². The molecule has 0 bridgehead atoms. The van der Waals surface area contributed by atoms with E-state index in [2.05, 4.69) is 6.07 Å². The Bertz CT molecular complexity index is 239. The molecule has 0 heterocycles. The molecule has 0 saturated heterocycles. The van der Waals surface area contributed by atoms with Gasteiger partial charge < -0.3 is 19.7 Å². The lowest BCUT2D eigenvalue weighted by Gasteiger charge is -2.07. The van der Waals surface area contributed by atoms with Gasteiger partial charge in [-0.1, -0.05) is 0 Å². The van der Waals surface area contributed by atoms with Gasteiger partial charge in [0.25, 0.3) is 0 Å². The van der Waals surface area contributed by atoms with Gasteiger partial charge in [-0.25, -0.2) is 0 Å². The van der Waals surface area contributed by atoms with Crippen LogP contribution in [0.3, 0.4) is 0 Å². The van der Waals surface area contributed by atoms with Crippen LogP contribution in [0.15, 0.2) is 18.2 Å². The minimum Gasteiger partial charge on any atom is -0.491 e.